The summed E-state index contributed by atoms with van der Waals surface area (Å²) in [5, 5.41) is 10.0. The Morgan fingerprint density at radius 1 is 1.26 bits per heavy atom. The number of amides is 1. The molecular formula is C21H30N4O2. The fourth-order valence-electron chi connectivity index (χ4n) is 3.42. The van der Waals surface area contributed by atoms with Crippen LogP contribution in [0.25, 0.3) is 11.3 Å². The molecule has 0 spiro atoms. The Morgan fingerprint density at radius 2 is 2.00 bits per heavy atom. The summed E-state index contributed by atoms with van der Waals surface area (Å²) in [5.74, 6) is 2.26. The molecule has 2 N–H and O–H groups in total. The van der Waals surface area contributed by atoms with Gasteiger partial charge in [-0.2, -0.15) is 5.10 Å². The number of aromatic nitrogens is 2. The molecule has 1 amide bonds. The topological polar surface area (TPSA) is 70.2 Å². The zero-order chi connectivity index (χ0) is 19.1. The van der Waals surface area contributed by atoms with E-state index in [2.05, 4.69) is 27.3 Å². The lowest BCUT2D eigenvalue weighted by atomic mass is 9.99. The number of nitrogens with one attached hydrogen (secondary N) is 2. The second-order valence-corrected chi connectivity index (χ2v) is 7.42. The van der Waals surface area contributed by atoms with Crippen molar-refractivity contribution >= 4 is 11.7 Å². The minimum atomic E-state index is 0.0232. The predicted molar refractivity (Wildman–Crippen MR) is 108 cm³/mol. The van der Waals surface area contributed by atoms with E-state index in [1.807, 2.05) is 30.3 Å². The molecule has 6 nitrogen and oxygen atoms in total. The van der Waals surface area contributed by atoms with Gasteiger partial charge in [0.1, 0.15) is 5.75 Å². The number of hydrogen-bond donors (Lipinski definition) is 2. The summed E-state index contributed by atoms with van der Waals surface area (Å²) in [6.45, 7) is 5.84. The largest absolute Gasteiger partial charge is 0.497 e. The third-order valence-corrected chi connectivity index (χ3v) is 5.25. The fourth-order valence-corrected chi connectivity index (χ4v) is 3.42. The van der Waals surface area contributed by atoms with Crippen molar-refractivity contribution in [3.8, 4) is 17.0 Å². The molecule has 3 rings (SSSR count). The number of nitrogens with zero attached hydrogens (tertiary/aromatic N) is 2. The average Bonchev–Trinajstić information content (AvgIpc) is 3.15. The quantitative estimate of drug-likeness (QED) is 0.691. The van der Waals surface area contributed by atoms with E-state index >= 15 is 0 Å². The maximum atomic E-state index is 12.1. The number of carbonyl (C=O) groups excluding carboxylic acids is 1. The van der Waals surface area contributed by atoms with E-state index in [4.69, 9.17) is 4.74 Å². The Kier molecular flexibility index (Phi) is 6.87. The number of ether oxygens (including phenoxy) is 1. The van der Waals surface area contributed by atoms with Gasteiger partial charge in [-0.25, -0.2) is 0 Å². The first-order valence-corrected chi connectivity index (χ1v) is 9.86. The van der Waals surface area contributed by atoms with Gasteiger partial charge in [0.15, 0.2) is 5.82 Å². The fraction of sp³-hybridized carbons (Fsp3) is 0.524. The molecule has 2 heterocycles. The molecule has 0 unspecified atom stereocenters. The van der Waals surface area contributed by atoms with Gasteiger partial charge in [-0.15, -0.1) is 0 Å². The molecule has 1 fully saturated rings. The zero-order valence-corrected chi connectivity index (χ0v) is 16.3. The molecule has 1 aliphatic heterocycles. The molecule has 1 aromatic heterocycles. The lowest BCUT2D eigenvalue weighted by Gasteiger charge is -2.30. The maximum absolute atomic E-state index is 12.1. The molecular weight excluding hydrogens is 340 g/mol. The standard InChI is InChI=1S/C21H30N4O2/c1-16-10-13-25(14-11-16)12-4-3-5-21(26)22-20-15-19(23-24-20)17-6-8-18(27-2)9-7-17/h6-9,15-16H,3-5,10-14H2,1-2H3,(H2,22,23,24,26). The summed E-state index contributed by atoms with van der Waals surface area (Å²) in [6.07, 6.45) is 5.12. The lowest BCUT2D eigenvalue weighted by molar-refractivity contribution is -0.116. The first kappa shape index (κ1) is 19.4. The van der Waals surface area contributed by atoms with E-state index in [-0.39, 0.29) is 5.91 Å². The molecule has 0 saturated carbocycles. The van der Waals surface area contributed by atoms with Crippen molar-refractivity contribution in [1.82, 2.24) is 15.1 Å². The molecule has 146 valence electrons. The number of unbranched alkanes of at least 4 members (excludes halogenated alkanes) is 1. The van der Waals surface area contributed by atoms with E-state index in [1.54, 1.807) is 7.11 Å². The molecule has 0 radical (unpaired) electrons. The number of H-pyrrole nitrogens is 1. The number of carbonyl (C=O) groups is 1. The Labute approximate surface area is 161 Å². The number of hydrogen-bond acceptors (Lipinski definition) is 4. The first-order chi connectivity index (χ1) is 13.1. The van der Waals surface area contributed by atoms with Crippen LogP contribution in [0.3, 0.4) is 0 Å². The number of piperidine rings is 1. The van der Waals surface area contributed by atoms with Crippen molar-refractivity contribution in [2.24, 2.45) is 5.92 Å². The van der Waals surface area contributed by atoms with Crippen LogP contribution in [0.4, 0.5) is 5.82 Å². The highest BCUT2D eigenvalue weighted by Gasteiger charge is 2.15. The monoisotopic (exact) mass is 370 g/mol. The summed E-state index contributed by atoms with van der Waals surface area (Å²) < 4.78 is 5.17. The van der Waals surface area contributed by atoms with Gasteiger partial charge in [0.05, 0.1) is 12.8 Å². The highest BCUT2D eigenvalue weighted by atomic mass is 16.5. The summed E-state index contributed by atoms with van der Waals surface area (Å²) in [5.41, 5.74) is 1.87. The molecule has 27 heavy (non-hydrogen) atoms. The lowest BCUT2D eigenvalue weighted by Crippen LogP contribution is -2.33. The van der Waals surface area contributed by atoms with Crippen LogP contribution in [0.15, 0.2) is 30.3 Å². The molecule has 2 aromatic rings. The highest BCUT2D eigenvalue weighted by molar-refractivity contribution is 5.90. The van der Waals surface area contributed by atoms with Crippen LogP contribution in [0.2, 0.25) is 0 Å². The highest BCUT2D eigenvalue weighted by Crippen LogP contribution is 2.22. The smallest absolute Gasteiger partial charge is 0.225 e. The van der Waals surface area contributed by atoms with Crippen LogP contribution < -0.4 is 10.1 Å². The van der Waals surface area contributed by atoms with Gasteiger partial charge in [0.25, 0.3) is 0 Å². The van der Waals surface area contributed by atoms with Crippen LogP contribution in [-0.4, -0.2) is 47.7 Å². The SMILES string of the molecule is COc1ccc(-c2cc(NC(=O)CCCCN3CCC(C)CC3)n[nH]2)cc1. The predicted octanol–water partition coefficient (Wildman–Crippen LogP) is 3.93. The van der Waals surface area contributed by atoms with Gasteiger partial charge >= 0.3 is 0 Å². The van der Waals surface area contributed by atoms with Crippen LogP contribution in [0.1, 0.15) is 39.0 Å². The number of rotatable bonds is 8. The number of benzene rings is 1. The number of anilines is 1. The van der Waals surface area contributed by atoms with E-state index in [9.17, 15) is 4.79 Å². The van der Waals surface area contributed by atoms with Gasteiger partial charge in [0.2, 0.25) is 5.91 Å². The third kappa shape index (κ3) is 5.82. The minimum Gasteiger partial charge on any atom is -0.497 e. The summed E-state index contributed by atoms with van der Waals surface area (Å²) in [4.78, 5) is 14.7. The second-order valence-electron chi connectivity index (χ2n) is 7.42. The molecule has 0 bridgehead atoms. The Hall–Kier alpha value is -2.34. The van der Waals surface area contributed by atoms with Crippen molar-refractivity contribution in [3.63, 3.8) is 0 Å². The van der Waals surface area contributed by atoms with Crippen molar-refractivity contribution in [2.75, 3.05) is 32.1 Å². The Balaban J connectivity index is 1.38. The second kappa shape index (κ2) is 9.55. The van der Waals surface area contributed by atoms with Crippen molar-refractivity contribution in [3.05, 3.63) is 30.3 Å². The molecule has 0 atom stereocenters. The average molecular weight is 370 g/mol. The van der Waals surface area contributed by atoms with Crippen molar-refractivity contribution in [2.45, 2.75) is 39.0 Å². The van der Waals surface area contributed by atoms with E-state index in [1.165, 1.54) is 25.9 Å². The maximum Gasteiger partial charge on any atom is 0.225 e. The number of methoxy groups -OCH3 is 1. The normalized spacial score (nSPS) is 15.6. The van der Waals surface area contributed by atoms with Gasteiger partial charge in [-0.05, 0) is 81.1 Å². The Morgan fingerprint density at radius 3 is 2.70 bits per heavy atom. The first-order valence-electron chi connectivity index (χ1n) is 9.86. The van der Waals surface area contributed by atoms with Crippen LogP contribution in [0, 0.1) is 5.92 Å². The molecule has 6 heteroatoms. The van der Waals surface area contributed by atoms with Crippen LogP contribution >= 0.6 is 0 Å². The summed E-state index contributed by atoms with van der Waals surface area (Å²) >= 11 is 0. The summed E-state index contributed by atoms with van der Waals surface area (Å²) in [6, 6.07) is 9.57. The van der Waals surface area contributed by atoms with Gasteiger partial charge in [-0.3, -0.25) is 9.89 Å². The van der Waals surface area contributed by atoms with Gasteiger partial charge < -0.3 is 15.0 Å². The molecule has 1 aromatic carbocycles. The van der Waals surface area contributed by atoms with E-state index in [0.717, 1.165) is 42.3 Å². The summed E-state index contributed by atoms with van der Waals surface area (Å²) in [7, 11) is 1.64. The third-order valence-electron chi connectivity index (χ3n) is 5.25. The number of likely N-dealkylation sites (tertiary alicyclic amines) is 1. The molecule has 0 aliphatic carbocycles. The van der Waals surface area contributed by atoms with E-state index in [0.29, 0.717) is 12.2 Å². The van der Waals surface area contributed by atoms with E-state index < -0.39 is 0 Å². The van der Waals surface area contributed by atoms with Gasteiger partial charge in [-0.1, -0.05) is 6.92 Å². The molecule has 1 saturated heterocycles. The number of aromatic amines is 1. The molecule has 1 aliphatic rings. The minimum absolute atomic E-state index is 0.0232. The Bertz CT molecular complexity index is 718. The van der Waals surface area contributed by atoms with Gasteiger partial charge in [0, 0.05) is 12.5 Å². The van der Waals surface area contributed by atoms with Crippen LogP contribution in [-0.2, 0) is 4.79 Å². The zero-order valence-electron chi connectivity index (χ0n) is 16.3. The van der Waals surface area contributed by atoms with Crippen LogP contribution in [0.5, 0.6) is 5.75 Å². The van der Waals surface area contributed by atoms with Crippen molar-refractivity contribution < 1.29 is 9.53 Å². The van der Waals surface area contributed by atoms with Crippen molar-refractivity contribution in [1.29, 1.82) is 0 Å².